The number of benzene rings is 3. The average Bonchev–Trinajstić information content (AvgIpc) is 3.11. The van der Waals surface area contributed by atoms with Gasteiger partial charge in [-0.3, -0.25) is 0 Å². The van der Waals surface area contributed by atoms with Crippen LogP contribution in [0.5, 0.6) is 5.75 Å². The van der Waals surface area contributed by atoms with Gasteiger partial charge in [-0.2, -0.15) is 0 Å². The number of rotatable bonds is 4. The second kappa shape index (κ2) is 7.20. The van der Waals surface area contributed by atoms with E-state index in [0.717, 1.165) is 27.8 Å². The molecular formula is C22H18AsFN2O. The third-order valence-corrected chi connectivity index (χ3v) is 5.28. The van der Waals surface area contributed by atoms with Gasteiger partial charge in [0.15, 0.2) is 0 Å². The maximum absolute atomic E-state index is 13.8. The number of ether oxygens (including phenoxy) is 1. The molecule has 0 spiro atoms. The van der Waals surface area contributed by atoms with Gasteiger partial charge in [0, 0.05) is 0 Å². The number of aromatic nitrogens is 2. The summed E-state index contributed by atoms with van der Waals surface area (Å²) < 4.78 is 21.6. The minimum atomic E-state index is -0.288. The van der Waals surface area contributed by atoms with E-state index in [-0.39, 0.29) is 5.82 Å². The van der Waals surface area contributed by atoms with Crippen LogP contribution in [0.3, 0.4) is 0 Å². The van der Waals surface area contributed by atoms with Gasteiger partial charge >= 0.3 is 149 Å². The molecule has 1 heterocycles. The molecule has 1 aromatic heterocycles. The van der Waals surface area contributed by atoms with Gasteiger partial charge in [-0.25, -0.2) is 4.39 Å². The summed E-state index contributed by atoms with van der Waals surface area (Å²) in [5, 5.41) is 0. The normalized spacial score (nSPS) is 12.3. The summed E-state index contributed by atoms with van der Waals surface area (Å²) in [6.07, 6.45) is 1.82. The number of methoxy groups -OCH3 is 1. The molecule has 27 heavy (non-hydrogen) atoms. The topological polar surface area (TPSA) is 27.1 Å². The molecule has 0 bridgehead atoms. The second-order valence-electron chi connectivity index (χ2n) is 6.43. The Morgan fingerprint density at radius 1 is 1.07 bits per heavy atom. The molecule has 0 N–H and O–H groups in total. The van der Waals surface area contributed by atoms with Crippen LogP contribution in [0.15, 0.2) is 67.0 Å². The first-order valence-electron chi connectivity index (χ1n) is 8.66. The second-order valence-corrected chi connectivity index (χ2v) is 8.06. The molecule has 0 aliphatic carbocycles. The Hall–Kier alpha value is -2.58. The van der Waals surface area contributed by atoms with Crippen LogP contribution in [0.25, 0.3) is 27.8 Å². The Balaban J connectivity index is 1.82. The van der Waals surface area contributed by atoms with E-state index in [1.54, 1.807) is 13.2 Å². The quantitative estimate of drug-likeness (QED) is 0.431. The van der Waals surface area contributed by atoms with Gasteiger partial charge in [0.1, 0.15) is 0 Å². The first kappa shape index (κ1) is 17.8. The van der Waals surface area contributed by atoms with E-state index in [2.05, 4.69) is 47.0 Å². The fraction of sp³-hybridized carbons (Fsp3) is 0.136. The standard InChI is InChI=1S/C22H18AsFN2O/c1-14(23)15-6-8-21-20(11-15)25-13-26(21)18-5-3-4-16(10-18)19-12-17(24)7-9-22(19)27-2/h3-14H,1-2H3. The number of halogens is 1. The summed E-state index contributed by atoms with van der Waals surface area (Å²) in [5.74, 6) is 0.354. The third-order valence-electron chi connectivity index (χ3n) is 4.65. The van der Waals surface area contributed by atoms with Crippen molar-refractivity contribution >= 4 is 27.9 Å². The van der Waals surface area contributed by atoms with Gasteiger partial charge in [-0.15, -0.1) is 0 Å². The van der Waals surface area contributed by atoms with E-state index in [0.29, 0.717) is 10.5 Å². The fourth-order valence-electron chi connectivity index (χ4n) is 3.22. The molecule has 5 heteroatoms. The van der Waals surface area contributed by atoms with Crippen molar-refractivity contribution < 1.29 is 9.13 Å². The number of fused-ring (bicyclic) bond motifs is 1. The summed E-state index contributed by atoms with van der Waals surface area (Å²) in [5.41, 5.74) is 5.82. The van der Waals surface area contributed by atoms with E-state index < -0.39 is 0 Å². The Morgan fingerprint density at radius 3 is 2.70 bits per heavy atom. The van der Waals surface area contributed by atoms with Crippen molar-refractivity contribution in [2.24, 2.45) is 0 Å². The van der Waals surface area contributed by atoms with Crippen LogP contribution >= 0.6 is 0 Å². The zero-order valence-electron chi connectivity index (χ0n) is 15.1. The van der Waals surface area contributed by atoms with Crippen LogP contribution in [0.2, 0.25) is 0 Å². The first-order valence-corrected chi connectivity index (χ1v) is 9.74. The molecule has 134 valence electrons. The zero-order chi connectivity index (χ0) is 19.0. The molecule has 2 radical (unpaired) electrons. The van der Waals surface area contributed by atoms with Crippen LogP contribution in [0.1, 0.15) is 17.2 Å². The van der Waals surface area contributed by atoms with Crippen molar-refractivity contribution in [3.05, 3.63) is 78.4 Å². The van der Waals surface area contributed by atoms with Gasteiger partial charge in [0.05, 0.1) is 7.11 Å². The predicted molar refractivity (Wildman–Crippen MR) is 107 cm³/mol. The molecular weight excluding hydrogens is 402 g/mol. The number of hydrogen-bond donors (Lipinski definition) is 0. The van der Waals surface area contributed by atoms with Crippen molar-refractivity contribution in [2.45, 2.75) is 11.6 Å². The van der Waals surface area contributed by atoms with E-state index in [9.17, 15) is 4.39 Å². The monoisotopic (exact) mass is 420 g/mol. The molecule has 4 rings (SSSR count). The van der Waals surface area contributed by atoms with Crippen molar-refractivity contribution in [1.29, 1.82) is 0 Å². The summed E-state index contributed by atoms with van der Waals surface area (Å²) in [6.45, 7) is 2.15. The van der Waals surface area contributed by atoms with Crippen LogP contribution < -0.4 is 4.74 Å². The van der Waals surface area contributed by atoms with Crippen LogP contribution in [-0.2, 0) is 0 Å². The van der Waals surface area contributed by atoms with Crippen LogP contribution in [0.4, 0.5) is 4.39 Å². The van der Waals surface area contributed by atoms with Crippen LogP contribution in [0, 0.1) is 5.82 Å². The zero-order valence-corrected chi connectivity index (χ0v) is 16.9. The van der Waals surface area contributed by atoms with Crippen molar-refractivity contribution in [2.75, 3.05) is 7.11 Å². The van der Waals surface area contributed by atoms with Gasteiger partial charge in [0.25, 0.3) is 0 Å². The molecule has 3 aromatic carbocycles. The van der Waals surface area contributed by atoms with E-state index >= 15 is 0 Å². The van der Waals surface area contributed by atoms with Gasteiger partial charge in [0.2, 0.25) is 0 Å². The summed E-state index contributed by atoms with van der Waals surface area (Å²) in [4.78, 5) is 4.56. The van der Waals surface area contributed by atoms with Crippen molar-refractivity contribution in [3.8, 4) is 22.6 Å². The summed E-state index contributed by atoms with van der Waals surface area (Å²) in [7, 11) is 1.59. The molecule has 4 aromatic rings. The van der Waals surface area contributed by atoms with Crippen molar-refractivity contribution in [3.63, 3.8) is 0 Å². The van der Waals surface area contributed by atoms with Crippen LogP contribution in [-0.4, -0.2) is 33.5 Å². The molecule has 0 aliphatic heterocycles. The van der Waals surface area contributed by atoms with Gasteiger partial charge in [-0.05, 0) is 6.07 Å². The third kappa shape index (κ3) is 3.38. The van der Waals surface area contributed by atoms with Gasteiger partial charge < -0.3 is 0 Å². The molecule has 0 aliphatic rings. The Kier molecular flexibility index (Phi) is 4.75. The number of nitrogens with zero attached hydrogens (tertiary/aromatic N) is 2. The molecule has 0 amide bonds. The van der Waals surface area contributed by atoms with E-state index in [1.165, 1.54) is 17.7 Å². The molecule has 0 saturated carbocycles. The average molecular weight is 420 g/mol. The maximum atomic E-state index is 13.8. The van der Waals surface area contributed by atoms with Crippen molar-refractivity contribution in [1.82, 2.24) is 9.55 Å². The van der Waals surface area contributed by atoms with Gasteiger partial charge in [-0.1, -0.05) is 0 Å². The molecule has 1 unspecified atom stereocenters. The predicted octanol–water partition coefficient (Wildman–Crippen LogP) is 5.07. The minimum absolute atomic E-state index is 0.288. The molecule has 1 atom stereocenters. The summed E-state index contributed by atoms with van der Waals surface area (Å²) >= 11 is 2.65. The number of hydrogen-bond acceptors (Lipinski definition) is 2. The SMILES string of the molecule is COc1ccc(F)cc1-c1cccc(-n2cnc3cc(C(C)[As])ccc32)c1. The molecule has 3 nitrogen and oxygen atoms in total. The Bertz CT molecular complexity index is 1120. The van der Waals surface area contributed by atoms with E-state index in [4.69, 9.17) is 4.74 Å². The molecule has 0 saturated heterocycles. The Morgan fingerprint density at radius 2 is 1.93 bits per heavy atom. The number of imidazole rings is 1. The Labute approximate surface area is 166 Å². The first-order chi connectivity index (χ1) is 13.1. The molecule has 0 fully saturated rings. The summed E-state index contributed by atoms with van der Waals surface area (Å²) in [6, 6.07) is 18.8. The fourth-order valence-corrected chi connectivity index (χ4v) is 3.56. The van der Waals surface area contributed by atoms with E-state index in [1.807, 2.05) is 35.2 Å².